The summed E-state index contributed by atoms with van der Waals surface area (Å²) in [6, 6.07) is 8.94. The predicted molar refractivity (Wildman–Crippen MR) is 68.9 cm³/mol. The van der Waals surface area contributed by atoms with Gasteiger partial charge in [-0.15, -0.1) is 0 Å². The third-order valence-corrected chi connectivity index (χ3v) is 3.88. The second-order valence-electron chi connectivity index (χ2n) is 5.55. The van der Waals surface area contributed by atoms with Crippen molar-refractivity contribution in [2.75, 3.05) is 6.54 Å². The molecule has 0 aromatic heterocycles. The minimum atomic E-state index is -0.138. The van der Waals surface area contributed by atoms with Crippen LogP contribution in [0.2, 0.25) is 0 Å². The molecule has 2 nitrogen and oxygen atoms in total. The van der Waals surface area contributed by atoms with Crippen molar-refractivity contribution < 1.29 is 5.11 Å². The molecule has 0 saturated heterocycles. The van der Waals surface area contributed by atoms with Gasteiger partial charge >= 0.3 is 0 Å². The second-order valence-corrected chi connectivity index (χ2v) is 5.55. The van der Waals surface area contributed by atoms with E-state index in [1.165, 1.54) is 36.8 Å². The molecule has 1 unspecified atom stereocenters. The number of benzene rings is 1. The van der Waals surface area contributed by atoms with E-state index in [1.54, 1.807) is 0 Å². The molecule has 0 radical (unpaired) electrons. The standard InChI is InChI=1S/C15H21NO/c17-15(14-7-8-14)10-16-9-11-1-3-12(4-2-11)13-5-6-13/h1-4,13-17H,5-10H2. The van der Waals surface area contributed by atoms with Gasteiger partial charge in [0.1, 0.15) is 0 Å². The van der Waals surface area contributed by atoms with E-state index >= 15 is 0 Å². The lowest BCUT2D eigenvalue weighted by Crippen LogP contribution is -2.27. The van der Waals surface area contributed by atoms with E-state index in [2.05, 4.69) is 29.6 Å². The fourth-order valence-corrected chi connectivity index (χ4v) is 2.34. The quantitative estimate of drug-likeness (QED) is 0.788. The van der Waals surface area contributed by atoms with Gasteiger partial charge in [0, 0.05) is 13.1 Å². The molecule has 17 heavy (non-hydrogen) atoms. The molecule has 0 spiro atoms. The van der Waals surface area contributed by atoms with Crippen molar-refractivity contribution in [3.8, 4) is 0 Å². The van der Waals surface area contributed by atoms with Crippen molar-refractivity contribution in [3.63, 3.8) is 0 Å². The molecule has 2 saturated carbocycles. The smallest absolute Gasteiger partial charge is 0.0692 e. The van der Waals surface area contributed by atoms with Crippen LogP contribution in [-0.4, -0.2) is 17.8 Å². The summed E-state index contributed by atoms with van der Waals surface area (Å²) in [7, 11) is 0. The largest absolute Gasteiger partial charge is 0.392 e. The predicted octanol–water partition coefficient (Wildman–Crippen LogP) is 2.42. The van der Waals surface area contributed by atoms with E-state index in [0.29, 0.717) is 5.92 Å². The Balaban J connectivity index is 1.44. The molecule has 2 N–H and O–H groups in total. The lowest BCUT2D eigenvalue weighted by molar-refractivity contribution is 0.148. The molecule has 3 rings (SSSR count). The summed E-state index contributed by atoms with van der Waals surface area (Å²) < 4.78 is 0. The van der Waals surface area contributed by atoms with E-state index in [9.17, 15) is 5.11 Å². The minimum Gasteiger partial charge on any atom is -0.392 e. The number of aliphatic hydroxyl groups is 1. The van der Waals surface area contributed by atoms with E-state index < -0.39 is 0 Å². The molecule has 1 aromatic carbocycles. The molecule has 2 aliphatic carbocycles. The SMILES string of the molecule is OC(CNCc1ccc(C2CC2)cc1)C1CC1. The zero-order valence-corrected chi connectivity index (χ0v) is 10.2. The van der Waals surface area contributed by atoms with Crippen molar-refractivity contribution in [3.05, 3.63) is 35.4 Å². The molecule has 2 aliphatic rings. The van der Waals surface area contributed by atoms with Gasteiger partial charge in [-0.2, -0.15) is 0 Å². The summed E-state index contributed by atoms with van der Waals surface area (Å²) >= 11 is 0. The Morgan fingerprint density at radius 1 is 1.12 bits per heavy atom. The fraction of sp³-hybridized carbons (Fsp3) is 0.600. The highest BCUT2D eigenvalue weighted by Gasteiger charge is 2.29. The van der Waals surface area contributed by atoms with Gasteiger partial charge < -0.3 is 10.4 Å². The molecule has 2 heteroatoms. The van der Waals surface area contributed by atoms with Crippen LogP contribution < -0.4 is 5.32 Å². The molecular weight excluding hydrogens is 210 g/mol. The van der Waals surface area contributed by atoms with Crippen LogP contribution in [0.25, 0.3) is 0 Å². The van der Waals surface area contributed by atoms with Crippen LogP contribution in [-0.2, 0) is 6.54 Å². The maximum atomic E-state index is 9.73. The first-order valence-corrected chi connectivity index (χ1v) is 6.80. The van der Waals surface area contributed by atoms with E-state index in [-0.39, 0.29) is 6.10 Å². The van der Waals surface area contributed by atoms with Crippen molar-refractivity contribution in [1.82, 2.24) is 5.32 Å². The average Bonchev–Trinajstić information content (AvgIpc) is 3.18. The van der Waals surface area contributed by atoms with Gasteiger partial charge in [-0.1, -0.05) is 24.3 Å². The Bertz CT molecular complexity index is 365. The molecule has 0 aliphatic heterocycles. The highest BCUT2D eigenvalue weighted by Crippen LogP contribution is 2.39. The Labute approximate surface area is 103 Å². The van der Waals surface area contributed by atoms with Crippen LogP contribution in [0.4, 0.5) is 0 Å². The van der Waals surface area contributed by atoms with E-state index in [0.717, 1.165) is 19.0 Å². The van der Waals surface area contributed by atoms with E-state index in [4.69, 9.17) is 0 Å². The molecular formula is C15H21NO. The summed E-state index contributed by atoms with van der Waals surface area (Å²) in [5.74, 6) is 1.41. The zero-order valence-electron chi connectivity index (χ0n) is 10.2. The number of nitrogens with one attached hydrogen (secondary N) is 1. The Hall–Kier alpha value is -0.860. The van der Waals surface area contributed by atoms with Crippen LogP contribution in [0.5, 0.6) is 0 Å². The first kappa shape index (κ1) is 11.2. The normalized spacial score (nSPS) is 21.5. The number of hydrogen-bond donors (Lipinski definition) is 2. The fourth-order valence-electron chi connectivity index (χ4n) is 2.34. The van der Waals surface area contributed by atoms with Gasteiger partial charge in [0.05, 0.1) is 6.10 Å². The zero-order chi connectivity index (χ0) is 11.7. The van der Waals surface area contributed by atoms with Crippen LogP contribution in [0.1, 0.15) is 42.7 Å². The van der Waals surface area contributed by atoms with Crippen LogP contribution in [0.15, 0.2) is 24.3 Å². The lowest BCUT2D eigenvalue weighted by atomic mass is 10.1. The van der Waals surface area contributed by atoms with Gasteiger partial charge in [0.15, 0.2) is 0 Å². The Kier molecular flexibility index (Phi) is 3.17. The van der Waals surface area contributed by atoms with Crippen molar-refractivity contribution >= 4 is 0 Å². The topological polar surface area (TPSA) is 32.3 Å². The molecule has 92 valence electrons. The van der Waals surface area contributed by atoms with Crippen LogP contribution in [0, 0.1) is 5.92 Å². The van der Waals surface area contributed by atoms with E-state index in [1.807, 2.05) is 0 Å². The lowest BCUT2D eigenvalue weighted by Gasteiger charge is -2.10. The van der Waals surface area contributed by atoms with Crippen molar-refractivity contribution in [2.45, 2.75) is 44.2 Å². The van der Waals surface area contributed by atoms with Gasteiger partial charge in [-0.05, 0) is 48.6 Å². The third-order valence-electron chi connectivity index (χ3n) is 3.88. The van der Waals surface area contributed by atoms with Crippen molar-refractivity contribution in [1.29, 1.82) is 0 Å². The Morgan fingerprint density at radius 3 is 2.41 bits per heavy atom. The average molecular weight is 231 g/mol. The molecule has 1 atom stereocenters. The summed E-state index contributed by atoms with van der Waals surface area (Å²) in [5, 5.41) is 13.1. The van der Waals surface area contributed by atoms with Gasteiger partial charge in [-0.3, -0.25) is 0 Å². The van der Waals surface area contributed by atoms with Crippen LogP contribution >= 0.6 is 0 Å². The molecule has 0 bridgehead atoms. The summed E-state index contributed by atoms with van der Waals surface area (Å²) in [5.41, 5.74) is 2.81. The first-order valence-electron chi connectivity index (χ1n) is 6.80. The maximum absolute atomic E-state index is 9.73. The Morgan fingerprint density at radius 2 is 1.82 bits per heavy atom. The summed E-state index contributed by atoms with van der Waals surface area (Å²) in [6.07, 6.45) is 5.01. The second kappa shape index (κ2) is 4.79. The molecule has 1 aromatic rings. The van der Waals surface area contributed by atoms with Gasteiger partial charge in [-0.25, -0.2) is 0 Å². The maximum Gasteiger partial charge on any atom is 0.0692 e. The summed E-state index contributed by atoms with van der Waals surface area (Å²) in [6.45, 7) is 1.60. The van der Waals surface area contributed by atoms with Gasteiger partial charge in [0.2, 0.25) is 0 Å². The number of rotatable bonds is 6. The molecule has 0 heterocycles. The minimum absolute atomic E-state index is 0.138. The highest BCUT2D eigenvalue weighted by molar-refractivity contribution is 5.27. The highest BCUT2D eigenvalue weighted by atomic mass is 16.3. The third kappa shape index (κ3) is 3.08. The number of hydrogen-bond acceptors (Lipinski definition) is 2. The molecule has 2 fully saturated rings. The number of aliphatic hydroxyl groups excluding tert-OH is 1. The van der Waals surface area contributed by atoms with Crippen LogP contribution in [0.3, 0.4) is 0 Å². The monoisotopic (exact) mass is 231 g/mol. The first-order chi connectivity index (χ1) is 8.33. The van der Waals surface area contributed by atoms with Gasteiger partial charge in [0.25, 0.3) is 0 Å². The summed E-state index contributed by atoms with van der Waals surface area (Å²) in [4.78, 5) is 0. The molecule has 0 amide bonds. The van der Waals surface area contributed by atoms with Crippen molar-refractivity contribution in [2.24, 2.45) is 5.92 Å².